The molecule has 1 saturated heterocycles. The molecule has 1 amide bonds. The number of likely N-dealkylation sites (N-methyl/N-ethyl adjacent to an activating group) is 1. The van der Waals surface area contributed by atoms with Gasteiger partial charge < -0.3 is 19.4 Å². The molecule has 128 valence electrons. The third-order valence-corrected chi connectivity index (χ3v) is 4.50. The largest absolute Gasteiger partial charge is 0.459 e. The van der Waals surface area contributed by atoms with Gasteiger partial charge in [0.1, 0.15) is 0 Å². The molecule has 1 fully saturated rings. The van der Waals surface area contributed by atoms with Crippen LogP contribution in [0.25, 0.3) is 0 Å². The predicted molar refractivity (Wildman–Crippen MR) is 92.3 cm³/mol. The first-order chi connectivity index (χ1) is 11.5. The zero-order chi connectivity index (χ0) is 17.1. The molecule has 24 heavy (non-hydrogen) atoms. The molecule has 1 aliphatic rings. The maximum Gasteiger partial charge on any atom is 0.287 e. The lowest BCUT2D eigenvalue weighted by Gasteiger charge is -2.35. The van der Waals surface area contributed by atoms with Gasteiger partial charge in [-0.2, -0.15) is 0 Å². The zero-order valence-corrected chi connectivity index (χ0v) is 14.5. The number of hydrogen-bond donors (Lipinski definition) is 1. The van der Waals surface area contributed by atoms with Gasteiger partial charge in [-0.15, -0.1) is 0 Å². The van der Waals surface area contributed by atoms with Crippen LogP contribution < -0.4 is 5.32 Å². The number of ether oxygens (including phenoxy) is 1. The molecule has 2 heterocycles. The van der Waals surface area contributed by atoms with E-state index in [0.29, 0.717) is 17.4 Å². The Labute approximate surface area is 146 Å². The molecule has 3 rings (SSSR count). The van der Waals surface area contributed by atoms with Crippen molar-refractivity contribution in [3.8, 4) is 0 Å². The summed E-state index contributed by atoms with van der Waals surface area (Å²) in [6.45, 7) is 4.11. The van der Waals surface area contributed by atoms with Crippen molar-refractivity contribution in [2.75, 3.05) is 26.7 Å². The van der Waals surface area contributed by atoms with Gasteiger partial charge in [0.05, 0.1) is 25.0 Å². The highest BCUT2D eigenvalue weighted by Crippen LogP contribution is 2.24. The molecule has 1 aromatic carbocycles. The summed E-state index contributed by atoms with van der Waals surface area (Å²) in [6, 6.07) is 8.97. The Bertz CT molecular complexity index is 699. The molecule has 0 radical (unpaired) electrons. The van der Waals surface area contributed by atoms with E-state index in [9.17, 15) is 4.79 Å². The van der Waals surface area contributed by atoms with Gasteiger partial charge in [0.15, 0.2) is 5.76 Å². The Balaban J connectivity index is 1.85. The van der Waals surface area contributed by atoms with Crippen LogP contribution in [0.2, 0.25) is 5.02 Å². The number of carbonyl (C=O) groups excluding carboxylic acids is 1. The van der Waals surface area contributed by atoms with E-state index < -0.39 is 0 Å². The normalized spacial score (nSPS) is 19.9. The highest BCUT2D eigenvalue weighted by atomic mass is 35.5. The minimum atomic E-state index is -0.276. The molecule has 5 nitrogen and oxygen atoms in total. The van der Waals surface area contributed by atoms with Crippen molar-refractivity contribution in [1.82, 2.24) is 10.2 Å². The maximum absolute atomic E-state index is 12.6. The molecular formula is C18H21ClN2O3. The van der Waals surface area contributed by atoms with Crippen molar-refractivity contribution in [3.63, 3.8) is 0 Å². The molecule has 0 aliphatic carbocycles. The first-order valence-corrected chi connectivity index (χ1v) is 8.33. The molecule has 0 bridgehead atoms. The van der Waals surface area contributed by atoms with Crippen LogP contribution in [0.15, 0.2) is 41.0 Å². The van der Waals surface area contributed by atoms with Crippen molar-refractivity contribution >= 4 is 17.5 Å². The van der Waals surface area contributed by atoms with E-state index in [4.69, 9.17) is 20.8 Å². The van der Waals surface area contributed by atoms with Crippen LogP contribution in [-0.4, -0.2) is 43.7 Å². The Hall–Kier alpha value is -1.82. The van der Waals surface area contributed by atoms with Gasteiger partial charge in [-0.3, -0.25) is 4.79 Å². The number of halogens is 1. The topological polar surface area (TPSA) is 54.7 Å². The lowest BCUT2D eigenvalue weighted by molar-refractivity contribution is -0.0382. The summed E-state index contributed by atoms with van der Waals surface area (Å²) in [5, 5.41) is 3.72. The molecule has 1 aliphatic heterocycles. The number of amides is 1. The summed E-state index contributed by atoms with van der Waals surface area (Å²) in [5.41, 5.74) is 1.77. The summed E-state index contributed by atoms with van der Waals surface area (Å²) >= 11 is 5.99. The van der Waals surface area contributed by atoms with Crippen LogP contribution in [0, 0.1) is 6.92 Å². The van der Waals surface area contributed by atoms with Crippen molar-refractivity contribution in [3.05, 3.63) is 58.5 Å². The van der Waals surface area contributed by atoms with E-state index in [-0.39, 0.29) is 18.1 Å². The summed E-state index contributed by atoms with van der Waals surface area (Å²) in [6.07, 6.45) is 1.39. The van der Waals surface area contributed by atoms with Gasteiger partial charge in [-0.05, 0) is 37.7 Å². The van der Waals surface area contributed by atoms with Gasteiger partial charge in [-0.25, -0.2) is 0 Å². The second kappa shape index (κ2) is 7.38. The Morgan fingerprint density at radius 2 is 2.08 bits per heavy atom. The van der Waals surface area contributed by atoms with Crippen LogP contribution in [0.4, 0.5) is 0 Å². The fourth-order valence-corrected chi connectivity index (χ4v) is 3.01. The van der Waals surface area contributed by atoms with Gasteiger partial charge in [-0.1, -0.05) is 23.7 Å². The third kappa shape index (κ3) is 3.80. The Kier molecular flexibility index (Phi) is 5.23. The molecule has 2 aromatic rings. The number of morpholine rings is 1. The first-order valence-electron chi connectivity index (χ1n) is 7.95. The van der Waals surface area contributed by atoms with Crippen LogP contribution >= 0.6 is 11.6 Å². The number of furan rings is 1. The predicted octanol–water partition coefficient (Wildman–Crippen LogP) is 3.04. The number of benzene rings is 1. The molecular weight excluding hydrogens is 328 g/mol. The molecule has 0 spiro atoms. The van der Waals surface area contributed by atoms with Crippen LogP contribution in [0.5, 0.6) is 0 Å². The molecule has 6 heteroatoms. The minimum absolute atomic E-state index is 0.135. The first kappa shape index (κ1) is 17.0. The summed E-state index contributed by atoms with van der Waals surface area (Å²) in [5.74, 6) is 0.0902. The average molecular weight is 349 g/mol. The second-order valence-corrected chi connectivity index (χ2v) is 6.54. The number of rotatable bonds is 4. The molecule has 1 N–H and O–H groups in total. The van der Waals surface area contributed by atoms with Crippen LogP contribution in [-0.2, 0) is 4.74 Å². The number of hydrogen-bond acceptors (Lipinski definition) is 4. The SMILES string of the molecule is Cc1ccoc1C(=O)N[C@@H](c1ccc(Cl)cc1)[C@@H]1CN(C)CCO1. The van der Waals surface area contributed by atoms with Gasteiger partial charge in [0.2, 0.25) is 0 Å². The number of carbonyl (C=O) groups is 1. The summed E-state index contributed by atoms with van der Waals surface area (Å²) < 4.78 is 11.2. The van der Waals surface area contributed by atoms with Crippen molar-refractivity contribution < 1.29 is 13.9 Å². The Morgan fingerprint density at radius 3 is 2.71 bits per heavy atom. The smallest absolute Gasteiger partial charge is 0.287 e. The van der Waals surface area contributed by atoms with Gasteiger partial charge in [0.25, 0.3) is 5.91 Å². The minimum Gasteiger partial charge on any atom is -0.459 e. The zero-order valence-electron chi connectivity index (χ0n) is 13.8. The summed E-state index contributed by atoms with van der Waals surface area (Å²) in [4.78, 5) is 14.8. The lowest BCUT2D eigenvalue weighted by atomic mass is 9.99. The molecule has 1 aromatic heterocycles. The van der Waals surface area contributed by atoms with Gasteiger partial charge >= 0.3 is 0 Å². The molecule has 2 atom stereocenters. The quantitative estimate of drug-likeness (QED) is 0.922. The summed E-state index contributed by atoms with van der Waals surface area (Å²) in [7, 11) is 2.05. The Morgan fingerprint density at radius 1 is 1.33 bits per heavy atom. The molecule has 0 saturated carbocycles. The highest BCUT2D eigenvalue weighted by Gasteiger charge is 2.30. The van der Waals surface area contributed by atoms with Crippen LogP contribution in [0.1, 0.15) is 27.7 Å². The average Bonchev–Trinajstić information content (AvgIpc) is 2.99. The monoisotopic (exact) mass is 348 g/mol. The molecule has 0 unspecified atom stereocenters. The number of aryl methyl sites for hydroxylation is 1. The lowest BCUT2D eigenvalue weighted by Crippen LogP contribution is -2.48. The van der Waals surface area contributed by atoms with Crippen molar-refractivity contribution in [1.29, 1.82) is 0 Å². The van der Waals surface area contributed by atoms with Gasteiger partial charge in [0, 0.05) is 23.7 Å². The van der Waals surface area contributed by atoms with Crippen LogP contribution in [0.3, 0.4) is 0 Å². The van der Waals surface area contributed by atoms with E-state index in [1.807, 2.05) is 38.2 Å². The maximum atomic E-state index is 12.6. The van der Waals surface area contributed by atoms with E-state index in [2.05, 4.69) is 10.2 Å². The fraction of sp³-hybridized carbons (Fsp3) is 0.389. The fourth-order valence-electron chi connectivity index (χ4n) is 2.89. The highest BCUT2D eigenvalue weighted by molar-refractivity contribution is 6.30. The number of nitrogens with zero attached hydrogens (tertiary/aromatic N) is 1. The van der Waals surface area contributed by atoms with E-state index in [0.717, 1.165) is 24.2 Å². The van der Waals surface area contributed by atoms with E-state index >= 15 is 0 Å². The second-order valence-electron chi connectivity index (χ2n) is 6.11. The standard InChI is InChI=1S/C18H21ClN2O3/c1-12-7-9-24-17(12)18(22)20-16(13-3-5-14(19)6-4-13)15-11-21(2)8-10-23-15/h3-7,9,15-16H,8,10-11H2,1-2H3,(H,20,22)/t15-,16-/m0/s1. The number of nitrogens with one attached hydrogen (secondary N) is 1. The van der Waals surface area contributed by atoms with E-state index in [1.54, 1.807) is 6.07 Å². The van der Waals surface area contributed by atoms with Crippen molar-refractivity contribution in [2.24, 2.45) is 0 Å². The van der Waals surface area contributed by atoms with E-state index in [1.165, 1.54) is 6.26 Å². The third-order valence-electron chi connectivity index (χ3n) is 4.25. The van der Waals surface area contributed by atoms with Crippen molar-refractivity contribution in [2.45, 2.75) is 19.1 Å².